The molecule has 0 bridgehead atoms. The van der Waals surface area contributed by atoms with E-state index >= 15 is 0 Å². The number of aliphatic hydroxyl groups is 1. The van der Waals surface area contributed by atoms with Gasteiger partial charge in [0, 0.05) is 32.5 Å². The van der Waals surface area contributed by atoms with Crippen molar-refractivity contribution in [3.63, 3.8) is 0 Å². The summed E-state index contributed by atoms with van der Waals surface area (Å²) >= 11 is 1.80. The van der Waals surface area contributed by atoms with E-state index in [1.807, 2.05) is 19.1 Å². The third-order valence-corrected chi connectivity index (χ3v) is 8.27. The lowest BCUT2D eigenvalue weighted by Crippen LogP contribution is -2.23. The lowest BCUT2D eigenvalue weighted by atomic mass is 9.73. The van der Waals surface area contributed by atoms with Crippen LogP contribution in [-0.2, 0) is 21.7 Å². The number of carbonyl (C=O) groups excluding carboxylic acids is 1. The van der Waals surface area contributed by atoms with Crippen molar-refractivity contribution in [2.75, 3.05) is 0 Å². The Hall–Kier alpha value is -3.02. The summed E-state index contributed by atoms with van der Waals surface area (Å²) < 4.78 is 2.49. The van der Waals surface area contributed by atoms with E-state index in [4.69, 9.17) is 4.84 Å². The number of fused-ring (bicyclic) bond motifs is 6. The second-order valence-electron chi connectivity index (χ2n) is 8.79. The molecule has 5 rings (SSSR count). The fourth-order valence-corrected chi connectivity index (χ4v) is 6.44. The number of benzene rings is 3. The third-order valence-electron chi connectivity index (χ3n) is 7.13. The van der Waals surface area contributed by atoms with Gasteiger partial charge < -0.3 is 9.94 Å². The summed E-state index contributed by atoms with van der Waals surface area (Å²) in [6.07, 6.45) is 2.01. The fraction of sp³-hybridized carbons (Fsp3) is 0.286. The zero-order valence-corrected chi connectivity index (χ0v) is 20.2. The lowest BCUT2D eigenvalue weighted by Gasteiger charge is -2.30. The van der Waals surface area contributed by atoms with Crippen molar-refractivity contribution >= 4 is 43.2 Å². The first-order valence-electron chi connectivity index (χ1n) is 11.4. The topological polar surface area (TPSA) is 58.9 Å². The van der Waals surface area contributed by atoms with E-state index < -0.39 is 5.97 Å². The average molecular weight is 458 g/mol. The minimum absolute atomic E-state index is 0.0530. The van der Waals surface area contributed by atoms with Crippen molar-refractivity contribution in [3.05, 3.63) is 70.8 Å². The van der Waals surface area contributed by atoms with Crippen LogP contribution in [0.4, 0.5) is 0 Å². The summed E-state index contributed by atoms with van der Waals surface area (Å²) in [5, 5.41) is 16.2. The Balaban J connectivity index is 1.74. The molecule has 0 spiro atoms. The van der Waals surface area contributed by atoms with Gasteiger partial charge >= 0.3 is 5.97 Å². The van der Waals surface area contributed by atoms with Crippen LogP contribution in [0.15, 0.2) is 53.7 Å². The first kappa shape index (κ1) is 21.8. The normalized spacial score (nSPS) is 14.5. The van der Waals surface area contributed by atoms with Crippen LogP contribution in [0.25, 0.3) is 31.3 Å². The van der Waals surface area contributed by atoms with Crippen LogP contribution in [0.3, 0.4) is 0 Å². The highest BCUT2D eigenvalue weighted by Gasteiger charge is 2.41. The van der Waals surface area contributed by atoms with Crippen LogP contribution < -0.4 is 0 Å². The minimum atomic E-state index is -0.425. The molecular formula is C28H27NO3S. The number of carbonyl (C=O) groups is 1. The highest BCUT2D eigenvalue weighted by Crippen LogP contribution is 2.55. The highest BCUT2D eigenvalue weighted by molar-refractivity contribution is 7.25. The van der Waals surface area contributed by atoms with Gasteiger partial charge in [0.25, 0.3) is 0 Å². The minimum Gasteiger partial charge on any atom is -0.392 e. The van der Waals surface area contributed by atoms with Crippen molar-refractivity contribution in [1.29, 1.82) is 0 Å². The summed E-state index contributed by atoms with van der Waals surface area (Å²) in [5.41, 5.74) is 7.84. The molecule has 4 aromatic rings. The molecule has 1 aromatic heterocycles. The molecule has 0 radical (unpaired) electrons. The summed E-state index contributed by atoms with van der Waals surface area (Å²) in [6.45, 7) is 7.78. The van der Waals surface area contributed by atoms with E-state index in [0.29, 0.717) is 5.71 Å². The average Bonchev–Trinajstić information content (AvgIpc) is 3.32. The molecule has 5 heteroatoms. The number of hydrogen-bond acceptors (Lipinski definition) is 5. The molecule has 1 aliphatic rings. The second-order valence-corrected chi connectivity index (χ2v) is 9.88. The van der Waals surface area contributed by atoms with Gasteiger partial charge in [-0.3, -0.25) is 0 Å². The Bertz CT molecular complexity index is 1440. The van der Waals surface area contributed by atoms with Crippen molar-refractivity contribution in [1.82, 2.24) is 0 Å². The Kier molecular flexibility index (Phi) is 5.34. The molecule has 3 aromatic carbocycles. The van der Waals surface area contributed by atoms with Gasteiger partial charge in [-0.05, 0) is 77.4 Å². The zero-order valence-electron chi connectivity index (χ0n) is 19.4. The van der Waals surface area contributed by atoms with Gasteiger partial charge in [0.2, 0.25) is 0 Å². The molecule has 1 aliphatic carbocycles. The molecule has 1 heterocycles. The molecule has 168 valence electrons. The molecule has 33 heavy (non-hydrogen) atoms. The molecule has 0 fully saturated rings. The predicted octanol–water partition coefficient (Wildman–Crippen LogP) is 6.92. The second kappa shape index (κ2) is 8.08. The molecule has 0 saturated carbocycles. The quantitative estimate of drug-likeness (QED) is 0.201. The summed E-state index contributed by atoms with van der Waals surface area (Å²) in [6, 6.07) is 17.5. The first-order chi connectivity index (χ1) is 15.9. The van der Waals surface area contributed by atoms with E-state index in [2.05, 4.69) is 55.4 Å². The predicted molar refractivity (Wildman–Crippen MR) is 136 cm³/mol. The van der Waals surface area contributed by atoms with E-state index in [9.17, 15) is 9.90 Å². The highest BCUT2D eigenvalue weighted by atomic mass is 32.1. The fourth-order valence-electron chi connectivity index (χ4n) is 5.33. The van der Waals surface area contributed by atoms with Gasteiger partial charge in [-0.1, -0.05) is 43.3 Å². The maximum Gasteiger partial charge on any atom is 0.331 e. The molecule has 0 unspecified atom stereocenters. The zero-order chi connectivity index (χ0) is 23.3. The Morgan fingerprint density at radius 2 is 1.67 bits per heavy atom. The third kappa shape index (κ3) is 3.30. The van der Waals surface area contributed by atoms with Crippen molar-refractivity contribution in [2.45, 2.75) is 52.6 Å². The van der Waals surface area contributed by atoms with Crippen molar-refractivity contribution in [3.8, 4) is 11.1 Å². The Morgan fingerprint density at radius 1 is 0.939 bits per heavy atom. The lowest BCUT2D eigenvalue weighted by molar-refractivity contribution is -0.140. The summed E-state index contributed by atoms with van der Waals surface area (Å²) in [5.74, 6) is -0.425. The van der Waals surface area contributed by atoms with Gasteiger partial charge in [-0.15, -0.1) is 11.3 Å². The Labute approximate surface area is 197 Å². The van der Waals surface area contributed by atoms with Crippen LogP contribution in [0.1, 0.15) is 62.8 Å². The summed E-state index contributed by atoms with van der Waals surface area (Å²) in [4.78, 5) is 16.0. The molecule has 0 aliphatic heterocycles. The number of oxime groups is 1. The Morgan fingerprint density at radius 3 is 2.36 bits per heavy atom. The number of hydrogen-bond donors (Lipinski definition) is 1. The maximum absolute atomic E-state index is 11.1. The number of aliphatic hydroxyl groups excluding tert-OH is 1. The van der Waals surface area contributed by atoms with Crippen LogP contribution in [0.5, 0.6) is 0 Å². The van der Waals surface area contributed by atoms with E-state index in [0.717, 1.165) is 24.0 Å². The number of thiophene rings is 1. The van der Waals surface area contributed by atoms with Gasteiger partial charge in [-0.25, -0.2) is 4.79 Å². The largest absolute Gasteiger partial charge is 0.392 e. The van der Waals surface area contributed by atoms with E-state index in [1.54, 1.807) is 11.3 Å². The standard InChI is InChI=1S/C28H27NO3S/c1-5-28(6-2)24-11-18(15-30)7-9-20(24)21-14-27-23(13-25(21)28)22-12-19(8-10-26(22)33-27)16(3)29-32-17(4)31/h7-14,30H,5-6,15H2,1-4H3/b29-16+. The maximum atomic E-state index is 11.1. The molecule has 4 nitrogen and oxygen atoms in total. The van der Waals surface area contributed by atoms with Crippen molar-refractivity contribution in [2.24, 2.45) is 5.16 Å². The van der Waals surface area contributed by atoms with Crippen LogP contribution in [0, 0.1) is 0 Å². The van der Waals surface area contributed by atoms with Gasteiger partial charge in [0.1, 0.15) is 0 Å². The monoisotopic (exact) mass is 457 g/mol. The van der Waals surface area contributed by atoms with Crippen molar-refractivity contribution < 1.29 is 14.7 Å². The van der Waals surface area contributed by atoms with Gasteiger partial charge in [0.15, 0.2) is 0 Å². The smallest absolute Gasteiger partial charge is 0.331 e. The van der Waals surface area contributed by atoms with Gasteiger partial charge in [-0.2, -0.15) is 0 Å². The first-order valence-corrected chi connectivity index (χ1v) is 12.2. The van der Waals surface area contributed by atoms with Crippen LogP contribution >= 0.6 is 11.3 Å². The van der Waals surface area contributed by atoms with Crippen LogP contribution in [0.2, 0.25) is 0 Å². The SMILES string of the molecule is CCC1(CC)c2cc(CO)ccc2-c2cc3sc4ccc(/C(C)=N/OC(C)=O)cc4c3cc21. The van der Waals surface area contributed by atoms with Gasteiger partial charge in [0.05, 0.1) is 12.3 Å². The number of nitrogens with zero attached hydrogens (tertiary/aromatic N) is 1. The molecule has 1 N–H and O–H groups in total. The van der Waals surface area contributed by atoms with Crippen LogP contribution in [-0.4, -0.2) is 16.8 Å². The molecule has 0 saturated heterocycles. The summed E-state index contributed by atoms with van der Waals surface area (Å²) in [7, 11) is 0. The molecule has 0 amide bonds. The van der Waals surface area contributed by atoms with E-state index in [1.165, 1.54) is 49.3 Å². The molecule has 0 atom stereocenters. The number of rotatable bonds is 5. The van der Waals surface area contributed by atoms with E-state index in [-0.39, 0.29) is 12.0 Å². The molecular weight excluding hydrogens is 430 g/mol.